The molecule has 39 heavy (non-hydrogen) atoms. The van der Waals surface area contributed by atoms with Crippen LogP contribution in [0, 0.1) is 20.8 Å². The van der Waals surface area contributed by atoms with Crippen LogP contribution in [0.3, 0.4) is 0 Å². The molecule has 6 nitrogen and oxygen atoms in total. The highest BCUT2D eigenvalue weighted by atomic mass is 79.9. The Labute approximate surface area is 241 Å². The molecule has 8 heteroatoms. The van der Waals surface area contributed by atoms with Gasteiger partial charge in [0.15, 0.2) is 5.11 Å². The van der Waals surface area contributed by atoms with E-state index < -0.39 is 11.8 Å². The van der Waals surface area contributed by atoms with Crippen LogP contribution in [0.2, 0.25) is 0 Å². The second kappa shape index (κ2) is 11.0. The van der Waals surface area contributed by atoms with Crippen LogP contribution in [-0.4, -0.2) is 21.5 Å². The first kappa shape index (κ1) is 26.6. The Hall–Kier alpha value is -4.01. The van der Waals surface area contributed by atoms with Gasteiger partial charge in [-0.3, -0.25) is 19.8 Å². The molecule has 0 unspecified atom stereocenters. The fourth-order valence-corrected chi connectivity index (χ4v) is 5.06. The molecule has 1 saturated heterocycles. The molecule has 1 N–H and O–H groups in total. The van der Waals surface area contributed by atoms with Gasteiger partial charge in [0.2, 0.25) is 0 Å². The lowest BCUT2D eigenvalue weighted by Gasteiger charge is -2.29. The summed E-state index contributed by atoms with van der Waals surface area (Å²) in [5, 5.41) is 2.72. The summed E-state index contributed by atoms with van der Waals surface area (Å²) in [5.74, 6) is -0.196. The molecule has 5 rings (SSSR count). The second-order valence-electron chi connectivity index (χ2n) is 9.36. The highest BCUT2D eigenvalue weighted by Crippen LogP contribution is 2.27. The summed E-state index contributed by atoms with van der Waals surface area (Å²) in [6.07, 6.45) is 1.63. The number of hydrogen-bond donors (Lipinski definition) is 1. The van der Waals surface area contributed by atoms with E-state index in [0.717, 1.165) is 44.0 Å². The fraction of sp³-hybridized carbons (Fsp3) is 0.129. The average Bonchev–Trinajstić information content (AvgIpc) is 3.20. The molecule has 196 valence electrons. The predicted molar refractivity (Wildman–Crippen MR) is 161 cm³/mol. The van der Waals surface area contributed by atoms with Gasteiger partial charge in [-0.1, -0.05) is 45.8 Å². The van der Waals surface area contributed by atoms with Crippen LogP contribution in [-0.2, 0) is 16.2 Å². The van der Waals surface area contributed by atoms with Crippen LogP contribution in [0.5, 0.6) is 5.75 Å². The number of nitrogens with one attached hydrogen (secondary N) is 1. The van der Waals surface area contributed by atoms with Crippen molar-refractivity contribution in [3.05, 3.63) is 117 Å². The minimum absolute atomic E-state index is 0.0288. The quantitative estimate of drug-likeness (QED) is 0.154. The summed E-state index contributed by atoms with van der Waals surface area (Å²) >= 11 is 8.76. The number of rotatable bonds is 6. The van der Waals surface area contributed by atoms with Gasteiger partial charge in [-0.15, -0.1) is 0 Å². The zero-order valence-corrected chi connectivity index (χ0v) is 24.1. The Morgan fingerprint density at radius 2 is 1.54 bits per heavy atom. The van der Waals surface area contributed by atoms with Gasteiger partial charge in [0.05, 0.1) is 5.69 Å². The number of thiocarbonyl (C=S) groups is 1. The number of benzene rings is 3. The van der Waals surface area contributed by atoms with E-state index in [4.69, 9.17) is 17.0 Å². The second-order valence-corrected chi connectivity index (χ2v) is 10.7. The van der Waals surface area contributed by atoms with Crippen LogP contribution in [0.25, 0.3) is 11.8 Å². The monoisotopic (exact) mass is 599 g/mol. The first-order chi connectivity index (χ1) is 18.7. The third-order valence-corrected chi connectivity index (χ3v) is 7.39. The molecule has 3 aromatic carbocycles. The molecule has 1 aromatic heterocycles. The van der Waals surface area contributed by atoms with Gasteiger partial charge in [0.25, 0.3) is 11.8 Å². The van der Waals surface area contributed by atoms with E-state index in [9.17, 15) is 9.59 Å². The number of carbonyl (C=O) groups is 2. The molecule has 1 fully saturated rings. The van der Waals surface area contributed by atoms with Gasteiger partial charge in [0, 0.05) is 21.5 Å². The molecule has 0 radical (unpaired) electrons. The highest BCUT2D eigenvalue weighted by Gasteiger charge is 2.34. The summed E-state index contributed by atoms with van der Waals surface area (Å²) in [6, 6.07) is 25.3. The van der Waals surface area contributed by atoms with Crippen LogP contribution in [0.1, 0.15) is 28.1 Å². The zero-order valence-electron chi connectivity index (χ0n) is 21.7. The summed E-state index contributed by atoms with van der Waals surface area (Å²) in [6.45, 7) is 6.40. The smallest absolute Gasteiger partial charge is 0.270 e. The third kappa shape index (κ3) is 5.57. The number of nitrogens with zero attached hydrogens (tertiary/aromatic N) is 2. The third-order valence-electron chi connectivity index (χ3n) is 6.58. The number of carbonyl (C=O) groups excluding carboxylic acids is 2. The van der Waals surface area contributed by atoms with Crippen molar-refractivity contribution in [3.8, 4) is 11.4 Å². The van der Waals surface area contributed by atoms with Crippen molar-refractivity contribution in [2.24, 2.45) is 0 Å². The van der Waals surface area contributed by atoms with E-state index in [0.29, 0.717) is 12.3 Å². The molecule has 0 spiro atoms. The van der Waals surface area contributed by atoms with Crippen LogP contribution in [0.15, 0.2) is 88.9 Å². The van der Waals surface area contributed by atoms with Crippen molar-refractivity contribution >= 4 is 56.8 Å². The molecular formula is C31H26BrN3O3S. The summed E-state index contributed by atoms with van der Waals surface area (Å²) in [4.78, 5) is 27.6. The van der Waals surface area contributed by atoms with Gasteiger partial charge < -0.3 is 9.30 Å². The Morgan fingerprint density at radius 3 is 2.21 bits per heavy atom. The largest absolute Gasteiger partial charge is 0.489 e. The van der Waals surface area contributed by atoms with E-state index >= 15 is 0 Å². The van der Waals surface area contributed by atoms with Gasteiger partial charge in [-0.2, -0.15) is 0 Å². The maximum atomic E-state index is 13.4. The maximum absolute atomic E-state index is 13.4. The molecule has 2 amide bonds. The first-order valence-corrected chi connectivity index (χ1v) is 13.6. The number of hydrogen-bond acceptors (Lipinski definition) is 4. The minimum atomic E-state index is -0.509. The van der Waals surface area contributed by atoms with Crippen LogP contribution < -0.4 is 15.0 Å². The first-order valence-electron chi connectivity index (χ1n) is 12.4. The van der Waals surface area contributed by atoms with Crippen molar-refractivity contribution < 1.29 is 14.3 Å². The molecule has 2 heterocycles. The van der Waals surface area contributed by atoms with E-state index in [1.165, 1.54) is 4.90 Å². The topological polar surface area (TPSA) is 63.6 Å². The lowest BCUT2D eigenvalue weighted by atomic mass is 10.1. The predicted octanol–water partition coefficient (Wildman–Crippen LogP) is 6.58. The molecule has 1 aliphatic rings. The molecule has 0 atom stereocenters. The summed E-state index contributed by atoms with van der Waals surface area (Å²) < 4.78 is 9.06. The van der Waals surface area contributed by atoms with Crippen molar-refractivity contribution in [2.75, 3.05) is 4.90 Å². The minimum Gasteiger partial charge on any atom is -0.489 e. The Morgan fingerprint density at radius 1 is 0.897 bits per heavy atom. The standard InChI is InChI=1S/C31H26BrN3O3S/c1-19-4-10-26(11-5-19)35-30(37)28(29(36)33-31(35)39)17-23-16-20(2)34(21(23)3)25-12-14-27(15-13-25)38-18-22-6-8-24(32)9-7-22/h4-17H,18H2,1-3H3,(H,33,36,39)/b28-17+. The average molecular weight is 601 g/mol. The Bertz CT molecular complexity index is 1600. The van der Waals surface area contributed by atoms with Crippen molar-refractivity contribution in [2.45, 2.75) is 27.4 Å². The van der Waals surface area contributed by atoms with Gasteiger partial charge in [0.1, 0.15) is 17.9 Å². The molecular weight excluding hydrogens is 574 g/mol. The number of ether oxygens (including phenoxy) is 1. The molecule has 0 saturated carbocycles. The Kier molecular flexibility index (Phi) is 7.50. The van der Waals surface area contributed by atoms with Gasteiger partial charge in [-0.05, 0) is 105 Å². The number of anilines is 1. The molecule has 1 aliphatic heterocycles. The highest BCUT2D eigenvalue weighted by molar-refractivity contribution is 9.10. The lowest BCUT2D eigenvalue weighted by molar-refractivity contribution is -0.122. The van der Waals surface area contributed by atoms with Crippen molar-refractivity contribution in [1.82, 2.24) is 9.88 Å². The number of aromatic nitrogens is 1. The lowest BCUT2D eigenvalue weighted by Crippen LogP contribution is -2.54. The summed E-state index contributed by atoms with van der Waals surface area (Å²) in [7, 11) is 0. The normalized spacial score (nSPS) is 14.6. The van der Waals surface area contributed by atoms with E-state index in [1.807, 2.05) is 99.6 Å². The van der Waals surface area contributed by atoms with E-state index in [-0.39, 0.29) is 10.7 Å². The van der Waals surface area contributed by atoms with Crippen molar-refractivity contribution in [3.63, 3.8) is 0 Å². The molecule has 0 aliphatic carbocycles. The SMILES string of the molecule is Cc1ccc(N2C(=O)/C(=C/c3cc(C)n(-c4ccc(OCc5ccc(Br)cc5)cc4)c3C)C(=O)NC2=S)cc1. The van der Waals surface area contributed by atoms with Crippen LogP contribution >= 0.6 is 28.1 Å². The number of halogens is 1. The van der Waals surface area contributed by atoms with E-state index in [2.05, 4.69) is 25.8 Å². The summed E-state index contributed by atoms with van der Waals surface area (Å²) in [5.41, 5.74) is 6.38. The van der Waals surface area contributed by atoms with Gasteiger partial charge >= 0.3 is 0 Å². The van der Waals surface area contributed by atoms with E-state index in [1.54, 1.807) is 6.08 Å². The zero-order chi connectivity index (χ0) is 27.7. The fourth-order valence-electron chi connectivity index (χ4n) is 4.51. The van der Waals surface area contributed by atoms with Crippen molar-refractivity contribution in [1.29, 1.82) is 0 Å². The van der Waals surface area contributed by atoms with Crippen LogP contribution in [0.4, 0.5) is 5.69 Å². The molecule has 0 bridgehead atoms. The number of amides is 2. The Balaban J connectivity index is 1.39. The number of aryl methyl sites for hydroxylation is 2. The maximum Gasteiger partial charge on any atom is 0.270 e. The van der Waals surface area contributed by atoms with Gasteiger partial charge in [-0.25, -0.2) is 0 Å². The molecule has 4 aromatic rings.